The van der Waals surface area contributed by atoms with Crippen LogP contribution in [-0.2, 0) is 16.1 Å². The van der Waals surface area contributed by atoms with E-state index >= 15 is 0 Å². The summed E-state index contributed by atoms with van der Waals surface area (Å²) >= 11 is 0. The van der Waals surface area contributed by atoms with Gasteiger partial charge in [-0.2, -0.15) is 0 Å². The van der Waals surface area contributed by atoms with Gasteiger partial charge in [-0.25, -0.2) is 4.79 Å². The third-order valence-electron chi connectivity index (χ3n) is 6.71. The molecule has 2 aliphatic heterocycles. The minimum Gasteiger partial charge on any atom is -0.383 e. The highest BCUT2D eigenvalue weighted by Gasteiger charge is 2.57. The number of carbonyl (C=O) groups excluding carboxylic acids is 2. The van der Waals surface area contributed by atoms with Crippen molar-refractivity contribution in [2.45, 2.75) is 31.8 Å². The van der Waals surface area contributed by atoms with E-state index in [1.54, 1.807) is 12.0 Å². The molecule has 0 saturated carbocycles. The zero-order valence-electron chi connectivity index (χ0n) is 19.6. The molecule has 0 aromatic heterocycles. The van der Waals surface area contributed by atoms with Gasteiger partial charge in [0.15, 0.2) is 0 Å². The number of likely N-dealkylation sites (tertiary alicyclic amines) is 1. The van der Waals surface area contributed by atoms with E-state index in [2.05, 4.69) is 36.1 Å². The van der Waals surface area contributed by atoms with Crippen LogP contribution in [-0.4, -0.2) is 72.1 Å². The Morgan fingerprint density at radius 1 is 1.03 bits per heavy atom. The van der Waals surface area contributed by atoms with Gasteiger partial charge < -0.3 is 9.64 Å². The predicted octanol–water partition coefficient (Wildman–Crippen LogP) is 3.95. The Bertz CT molecular complexity index is 997. The second-order valence-corrected chi connectivity index (χ2v) is 8.95. The highest BCUT2D eigenvalue weighted by molar-refractivity contribution is 6.07. The van der Waals surface area contributed by atoms with E-state index in [1.165, 1.54) is 16.0 Å². The van der Waals surface area contributed by atoms with Gasteiger partial charge in [-0.05, 0) is 30.9 Å². The van der Waals surface area contributed by atoms with Gasteiger partial charge in [0.1, 0.15) is 5.54 Å². The number of imide groups is 1. The summed E-state index contributed by atoms with van der Waals surface area (Å²) in [5.41, 5.74) is 2.82. The second-order valence-electron chi connectivity index (χ2n) is 8.95. The fourth-order valence-electron chi connectivity index (χ4n) is 4.93. The van der Waals surface area contributed by atoms with Crippen molar-refractivity contribution in [1.29, 1.82) is 0 Å². The maximum atomic E-state index is 13.6. The van der Waals surface area contributed by atoms with E-state index in [4.69, 9.17) is 4.74 Å². The third-order valence-corrected chi connectivity index (χ3v) is 6.71. The number of urea groups is 1. The Balaban J connectivity index is 1.46. The molecule has 0 atom stereocenters. The van der Waals surface area contributed by atoms with Crippen LogP contribution in [0.15, 0.2) is 60.7 Å². The first-order chi connectivity index (χ1) is 16.0. The highest BCUT2D eigenvalue weighted by atomic mass is 16.5. The molecular formula is C27H33N3O3. The monoisotopic (exact) mass is 447 g/mol. The molecule has 2 aliphatic rings. The lowest BCUT2D eigenvalue weighted by Crippen LogP contribution is -2.57. The van der Waals surface area contributed by atoms with Crippen molar-refractivity contribution < 1.29 is 14.3 Å². The molecule has 2 aromatic rings. The predicted molar refractivity (Wildman–Crippen MR) is 130 cm³/mol. The van der Waals surface area contributed by atoms with Gasteiger partial charge in [0.05, 0.1) is 6.61 Å². The van der Waals surface area contributed by atoms with Crippen molar-refractivity contribution >= 4 is 18.0 Å². The number of amides is 3. The normalized spacial score (nSPS) is 18.7. The minimum atomic E-state index is -0.765. The first kappa shape index (κ1) is 23.2. The van der Waals surface area contributed by atoms with Crippen molar-refractivity contribution in [3.8, 4) is 0 Å². The van der Waals surface area contributed by atoms with Crippen molar-refractivity contribution in [3.05, 3.63) is 77.4 Å². The SMILES string of the molecule is COCCN1C(=O)N(C/C=C/c2ccccc2)C(=O)C12CCN(Cc1cccc(C)c1)CC2. The summed E-state index contributed by atoms with van der Waals surface area (Å²) in [6.45, 7) is 5.66. The zero-order chi connectivity index (χ0) is 23.3. The molecule has 0 bridgehead atoms. The first-order valence-corrected chi connectivity index (χ1v) is 11.7. The summed E-state index contributed by atoms with van der Waals surface area (Å²) in [6.07, 6.45) is 5.14. The lowest BCUT2D eigenvalue weighted by Gasteiger charge is -2.42. The summed E-state index contributed by atoms with van der Waals surface area (Å²) in [4.78, 5) is 32.4. The maximum Gasteiger partial charge on any atom is 0.328 e. The number of nitrogens with zero attached hydrogens (tertiary/aromatic N) is 3. The molecule has 3 amide bonds. The molecule has 2 fully saturated rings. The summed E-state index contributed by atoms with van der Waals surface area (Å²) < 4.78 is 5.26. The molecule has 1 spiro atoms. The number of ether oxygens (including phenoxy) is 1. The second kappa shape index (κ2) is 10.3. The van der Waals surface area contributed by atoms with E-state index in [9.17, 15) is 9.59 Å². The Labute approximate surface area is 196 Å². The molecule has 0 radical (unpaired) electrons. The number of rotatable bonds is 8. The lowest BCUT2D eigenvalue weighted by molar-refractivity contribution is -0.135. The molecule has 2 aromatic carbocycles. The van der Waals surface area contributed by atoms with Gasteiger partial charge in [-0.1, -0.05) is 72.3 Å². The molecule has 6 heteroatoms. The molecule has 0 aliphatic carbocycles. The van der Waals surface area contributed by atoms with E-state index in [-0.39, 0.29) is 18.5 Å². The molecule has 0 unspecified atom stereocenters. The van der Waals surface area contributed by atoms with Crippen molar-refractivity contribution in [3.63, 3.8) is 0 Å². The Morgan fingerprint density at radius 3 is 2.48 bits per heavy atom. The summed E-state index contributed by atoms with van der Waals surface area (Å²) in [7, 11) is 1.62. The topological polar surface area (TPSA) is 53.1 Å². The summed E-state index contributed by atoms with van der Waals surface area (Å²) in [5.74, 6) is -0.0727. The van der Waals surface area contributed by atoms with Crippen LogP contribution in [0.3, 0.4) is 0 Å². The van der Waals surface area contributed by atoms with Crippen LogP contribution in [0, 0.1) is 6.92 Å². The van der Waals surface area contributed by atoms with Gasteiger partial charge in [0.25, 0.3) is 5.91 Å². The molecule has 33 heavy (non-hydrogen) atoms. The van der Waals surface area contributed by atoms with Crippen LogP contribution in [0.4, 0.5) is 4.79 Å². The van der Waals surface area contributed by atoms with Crippen LogP contribution >= 0.6 is 0 Å². The molecule has 2 saturated heterocycles. The van der Waals surface area contributed by atoms with Crippen LogP contribution < -0.4 is 0 Å². The Hall–Kier alpha value is -2.96. The van der Waals surface area contributed by atoms with Gasteiger partial charge in [0, 0.05) is 39.8 Å². The average molecular weight is 448 g/mol. The Kier molecular flexibility index (Phi) is 7.26. The van der Waals surface area contributed by atoms with E-state index in [1.807, 2.05) is 42.5 Å². The summed E-state index contributed by atoms with van der Waals surface area (Å²) in [5, 5.41) is 0. The number of aryl methyl sites for hydroxylation is 1. The third kappa shape index (κ3) is 5.02. The molecule has 4 rings (SSSR count). The first-order valence-electron chi connectivity index (χ1n) is 11.7. The molecule has 2 heterocycles. The van der Waals surface area contributed by atoms with Crippen LogP contribution in [0.2, 0.25) is 0 Å². The van der Waals surface area contributed by atoms with Gasteiger partial charge in [0.2, 0.25) is 0 Å². The number of methoxy groups -OCH3 is 1. The molecular weight excluding hydrogens is 414 g/mol. The zero-order valence-corrected chi connectivity index (χ0v) is 19.6. The van der Waals surface area contributed by atoms with Crippen LogP contribution in [0.5, 0.6) is 0 Å². The number of benzene rings is 2. The van der Waals surface area contributed by atoms with Crippen LogP contribution in [0.1, 0.15) is 29.5 Å². The summed E-state index contributed by atoms with van der Waals surface area (Å²) in [6, 6.07) is 18.2. The van der Waals surface area contributed by atoms with E-state index in [0.717, 1.165) is 25.2 Å². The fraction of sp³-hybridized carbons (Fsp3) is 0.407. The molecule has 0 N–H and O–H groups in total. The number of piperidine rings is 1. The smallest absolute Gasteiger partial charge is 0.328 e. The molecule has 174 valence electrons. The van der Waals surface area contributed by atoms with E-state index in [0.29, 0.717) is 26.0 Å². The van der Waals surface area contributed by atoms with Crippen molar-refractivity contribution in [2.75, 3.05) is 39.9 Å². The number of hydrogen-bond donors (Lipinski definition) is 0. The van der Waals surface area contributed by atoms with Gasteiger partial charge in [-0.15, -0.1) is 0 Å². The van der Waals surface area contributed by atoms with Gasteiger partial charge in [-0.3, -0.25) is 14.6 Å². The highest BCUT2D eigenvalue weighted by Crippen LogP contribution is 2.37. The number of carbonyl (C=O) groups is 2. The van der Waals surface area contributed by atoms with Gasteiger partial charge >= 0.3 is 6.03 Å². The fourth-order valence-corrected chi connectivity index (χ4v) is 4.93. The average Bonchev–Trinajstić information content (AvgIpc) is 3.01. The standard InChI is InChI=1S/C27H33N3O3/c1-22-8-6-11-24(20-22)21-28-16-13-27(14-17-28)25(31)29(26(32)30(27)18-19-33-2)15-7-12-23-9-4-3-5-10-23/h3-12,20H,13-19,21H2,1-2H3/b12-7+. The largest absolute Gasteiger partial charge is 0.383 e. The quantitative estimate of drug-likeness (QED) is 0.575. The van der Waals surface area contributed by atoms with E-state index < -0.39 is 5.54 Å². The van der Waals surface area contributed by atoms with Crippen LogP contribution in [0.25, 0.3) is 6.08 Å². The maximum absolute atomic E-state index is 13.6. The Morgan fingerprint density at radius 2 is 1.79 bits per heavy atom. The molecule has 6 nitrogen and oxygen atoms in total. The lowest BCUT2D eigenvalue weighted by atomic mass is 9.85. The van der Waals surface area contributed by atoms with Crippen molar-refractivity contribution in [2.24, 2.45) is 0 Å². The number of hydrogen-bond acceptors (Lipinski definition) is 4. The minimum absolute atomic E-state index is 0.0727. The van der Waals surface area contributed by atoms with Crippen molar-refractivity contribution in [1.82, 2.24) is 14.7 Å².